The molecule has 2 aromatic carbocycles. The molecule has 0 aliphatic carbocycles. The van der Waals surface area contributed by atoms with E-state index in [1.807, 2.05) is 25.1 Å². The predicted molar refractivity (Wildman–Crippen MR) is 106 cm³/mol. The molecule has 3 rings (SSSR count). The molecule has 1 saturated heterocycles. The Labute approximate surface area is 171 Å². The van der Waals surface area contributed by atoms with Crippen molar-refractivity contribution in [3.05, 3.63) is 64.7 Å². The first-order valence-corrected chi connectivity index (χ1v) is 10.1. The van der Waals surface area contributed by atoms with Gasteiger partial charge < -0.3 is 9.80 Å². The second-order valence-electron chi connectivity index (χ2n) is 6.44. The Kier molecular flexibility index (Phi) is 6.57. The van der Waals surface area contributed by atoms with Crippen LogP contribution in [0.4, 0.5) is 8.78 Å². The Hall–Kier alpha value is -2.12. The van der Waals surface area contributed by atoms with Crippen LogP contribution < -0.4 is 0 Å². The van der Waals surface area contributed by atoms with Crippen LogP contribution >= 0.6 is 23.4 Å². The molecule has 1 unspecified atom stereocenters. The fourth-order valence-electron chi connectivity index (χ4n) is 2.98. The van der Waals surface area contributed by atoms with Crippen molar-refractivity contribution < 1.29 is 18.4 Å². The monoisotopic (exact) mass is 424 g/mol. The van der Waals surface area contributed by atoms with Crippen LogP contribution in [-0.4, -0.2) is 53.0 Å². The number of halogens is 3. The SMILES string of the molecule is CC(Sc1ccccc1Cl)C(=O)N1CCN(C(=O)c2ccc(F)c(F)c2)CC1. The molecule has 4 nitrogen and oxygen atoms in total. The maximum atomic E-state index is 13.4. The third-order valence-electron chi connectivity index (χ3n) is 4.53. The quantitative estimate of drug-likeness (QED) is 0.694. The molecule has 1 fully saturated rings. The van der Waals surface area contributed by atoms with Crippen molar-refractivity contribution in [2.24, 2.45) is 0 Å². The summed E-state index contributed by atoms with van der Waals surface area (Å²) in [7, 11) is 0. The zero-order valence-corrected chi connectivity index (χ0v) is 16.8. The maximum Gasteiger partial charge on any atom is 0.254 e. The molecular formula is C20H19ClF2N2O2S. The summed E-state index contributed by atoms with van der Waals surface area (Å²) in [6.07, 6.45) is 0. The van der Waals surface area contributed by atoms with Gasteiger partial charge in [0.2, 0.25) is 5.91 Å². The number of amides is 2. The lowest BCUT2D eigenvalue weighted by Gasteiger charge is -2.36. The highest BCUT2D eigenvalue weighted by Gasteiger charge is 2.28. The Morgan fingerprint density at radius 2 is 1.64 bits per heavy atom. The van der Waals surface area contributed by atoms with Crippen molar-refractivity contribution in [1.82, 2.24) is 9.80 Å². The molecule has 0 spiro atoms. The smallest absolute Gasteiger partial charge is 0.254 e. The molecule has 0 bridgehead atoms. The van der Waals surface area contributed by atoms with Gasteiger partial charge in [-0.2, -0.15) is 0 Å². The van der Waals surface area contributed by atoms with E-state index in [1.165, 1.54) is 17.8 Å². The van der Waals surface area contributed by atoms with E-state index in [0.29, 0.717) is 31.2 Å². The summed E-state index contributed by atoms with van der Waals surface area (Å²) in [6.45, 7) is 3.29. The summed E-state index contributed by atoms with van der Waals surface area (Å²) in [5.41, 5.74) is 0.0984. The third-order valence-corrected chi connectivity index (χ3v) is 6.14. The number of benzene rings is 2. The van der Waals surface area contributed by atoms with E-state index < -0.39 is 11.6 Å². The summed E-state index contributed by atoms with van der Waals surface area (Å²) in [4.78, 5) is 29.3. The first-order valence-electron chi connectivity index (χ1n) is 8.81. The number of nitrogens with zero attached hydrogens (tertiary/aromatic N) is 2. The maximum absolute atomic E-state index is 13.4. The average molecular weight is 425 g/mol. The molecule has 0 radical (unpaired) electrons. The number of thioether (sulfide) groups is 1. The van der Waals surface area contributed by atoms with Gasteiger partial charge in [0.25, 0.3) is 5.91 Å². The van der Waals surface area contributed by atoms with Crippen LogP contribution in [0.25, 0.3) is 0 Å². The minimum absolute atomic E-state index is 0.0233. The van der Waals surface area contributed by atoms with Gasteiger partial charge in [-0.25, -0.2) is 8.78 Å². The van der Waals surface area contributed by atoms with Crippen LogP contribution in [0, 0.1) is 11.6 Å². The van der Waals surface area contributed by atoms with Gasteiger partial charge in [0.05, 0.1) is 10.3 Å². The minimum atomic E-state index is -1.05. The summed E-state index contributed by atoms with van der Waals surface area (Å²) in [5, 5.41) is 0.294. The average Bonchev–Trinajstić information content (AvgIpc) is 2.70. The molecule has 1 atom stereocenters. The van der Waals surface area contributed by atoms with Crippen LogP contribution in [0.2, 0.25) is 5.02 Å². The normalized spacial score (nSPS) is 15.4. The highest BCUT2D eigenvalue weighted by atomic mass is 35.5. The predicted octanol–water partition coefficient (Wildman–Crippen LogP) is 4.08. The second kappa shape index (κ2) is 8.92. The first kappa shape index (κ1) is 20.6. The van der Waals surface area contributed by atoms with Gasteiger partial charge in [0.15, 0.2) is 11.6 Å². The molecule has 28 heavy (non-hydrogen) atoms. The Morgan fingerprint density at radius 1 is 1.00 bits per heavy atom. The van der Waals surface area contributed by atoms with E-state index in [0.717, 1.165) is 17.0 Å². The van der Waals surface area contributed by atoms with E-state index in [2.05, 4.69) is 0 Å². The highest BCUT2D eigenvalue weighted by molar-refractivity contribution is 8.00. The lowest BCUT2D eigenvalue weighted by molar-refractivity contribution is -0.131. The topological polar surface area (TPSA) is 40.6 Å². The van der Waals surface area contributed by atoms with Gasteiger partial charge in [-0.3, -0.25) is 9.59 Å². The number of rotatable bonds is 4. The fraction of sp³-hybridized carbons (Fsp3) is 0.300. The van der Waals surface area contributed by atoms with E-state index in [1.54, 1.807) is 15.9 Å². The van der Waals surface area contributed by atoms with Gasteiger partial charge >= 0.3 is 0 Å². The molecular weight excluding hydrogens is 406 g/mol. The van der Waals surface area contributed by atoms with Gasteiger partial charge in [-0.1, -0.05) is 23.7 Å². The number of carbonyl (C=O) groups excluding carboxylic acids is 2. The Bertz CT molecular complexity index is 888. The number of carbonyl (C=O) groups is 2. The van der Waals surface area contributed by atoms with Crippen molar-refractivity contribution in [2.75, 3.05) is 26.2 Å². The highest BCUT2D eigenvalue weighted by Crippen LogP contribution is 2.31. The van der Waals surface area contributed by atoms with Crippen molar-refractivity contribution in [2.45, 2.75) is 17.1 Å². The standard InChI is InChI=1S/C20H19ClF2N2O2S/c1-13(28-18-5-3-2-4-15(18)21)19(26)24-8-10-25(11-9-24)20(27)14-6-7-16(22)17(23)12-14/h2-7,12-13H,8-11H2,1H3. The van der Waals surface area contributed by atoms with E-state index in [-0.39, 0.29) is 22.6 Å². The molecule has 0 N–H and O–H groups in total. The van der Waals surface area contributed by atoms with E-state index in [9.17, 15) is 18.4 Å². The first-order chi connectivity index (χ1) is 13.4. The van der Waals surface area contributed by atoms with Gasteiger partial charge in [-0.05, 0) is 37.3 Å². The zero-order valence-electron chi connectivity index (χ0n) is 15.2. The molecule has 2 amide bonds. The number of piperazine rings is 1. The largest absolute Gasteiger partial charge is 0.338 e. The number of hydrogen-bond donors (Lipinski definition) is 0. The molecule has 1 aliphatic rings. The van der Waals surface area contributed by atoms with E-state index >= 15 is 0 Å². The van der Waals surface area contributed by atoms with Gasteiger partial charge in [0, 0.05) is 36.6 Å². The van der Waals surface area contributed by atoms with Crippen LogP contribution in [0.5, 0.6) is 0 Å². The van der Waals surface area contributed by atoms with Crippen LogP contribution in [0.15, 0.2) is 47.4 Å². The van der Waals surface area contributed by atoms with Gasteiger partial charge in [-0.15, -0.1) is 11.8 Å². The van der Waals surface area contributed by atoms with Crippen molar-refractivity contribution in [1.29, 1.82) is 0 Å². The summed E-state index contributed by atoms with van der Waals surface area (Å²) in [6, 6.07) is 10.5. The van der Waals surface area contributed by atoms with Crippen LogP contribution in [0.1, 0.15) is 17.3 Å². The summed E-state index contributed by atoms with van der Waals surface area (Å²) in [5.74, 6) is -2.43. The molecule has 8 heteroatoms. The fourth-order valence-corrected chi connectivity index (χ4v) is 4.22. The number of hydrogen-bond acceptors (Lipinski definition) is 3. The van der Waals surface area contributed by atoms with E-state index in [4.69, 9.17) is 11.6 Å². The lowest BCUT2D eigenvalue weighted by atomic mass is 10.1. The van der Waals surface area contributed by atoms with Crippen molar-refractivity contribution in [3.63, 3.8) is 0 Å². The minimum Gasteiger partial charge on any atom is -0.338 e. The van der Waals surface area contributed by atoms with Gasteiger partial charge in [0.1, 0.15) is 0 Å². The Balaban J connectivity index is 1.57. The van der Waals surface area contributed by atoms with Crippen molar-refractivity contribution in [3.8, 4) is 0 Å². The molecule has 2 aromatic rings. The molecule has 0 aromatic heterocycles. The molecule has 1 aliphatic heterocycles. The summed E-state index contributed by atoms with van der Waals surface area (Å²) < 4.78 is 26.4. The molecule has 148 valence electrons. The third kappa shape index (κ3) is 4.64. The van der Waals surface area contributed by atoms with Crippen LogP contribution in [-0.2, 0) is 4.79 Å². The van der Waals surface area contributed by atoms with Crippen molar-refractivity contribution >= 4 is 35.2 Å². The molecule has 0 saturated carbocycles. The lowest BCUT2D eigenvalue weighted by Crippen LogP contribution is -2.52. The second-order valence-corrected chi connectivity index (χ2v) is 8.23. The summed E-state index contributed by atoms with van der Waals surface area (Å²) >= 11 is 7.55. The zero-order chi connectivity index (χ0) is 20.3. The van der Waals surface area contributed by atoms with Crippen LogP contribution in [0.3, 0.4) is 0 Å². The Morgan fingerprint density at radius 3 is 2.29 bits per heavy atom. The molecule has 1 heterocycles.